The van der Waals surface area contributed by atoms with Gasteiger partial charge in [0.25, 0.3) is 0 Å². The zero-order chi connectivity index (χ0) is 10.1. The van der Waals surface area contributed by atoms with Crippen molar-refractivity contribution in [3.05, 3.63) is 29.3 Å². The highest BCUT2D eigenvalue weighted by molar-refractivity contribution is 5.36. The summed E-state index contributed by atoms with van der Waals surface area (Å²) in [6, 6.07) is 6.45. The van der Waals surface area contributed by atoms with Crippen molar-refractivity contribution in [2.45, 2.75) is 45.6 Å². The molecule has 0 N–H and O–H groups in total. The van der Waals surface area contributed by atoms with Gasteiger partial charge in [0.15, 0.2) is 0 Å². The van der Waals surface area contributed by atoms with Gasteiger partial charge in [-0.1, -0.05) is 19.9 Å². The molecule has 0 heterocycles. The van der Waals surface area contributed by atoms with Gasteiger partial charge in [-0.2, -0.15) is 0 Å². The molecule has 0 unspecified atom stereocenters. The van der Waals surface area contributed by atoms with Gasteiger partial charge in [0.05, 0.1) is 6.10 Å². The van der Waals surface area contributed by atoms with E-state index in [0.717, 1.165) is 5.75 Å². The van der Waals surface area contributed by atoms with Gasteiger partial charge in [0.1, 0.15) is 5.75 Å². The summed E-state index contributed by atoms with van der Waals surface area (Å²) in [7, 11) is 0. The van der Waals surface area contributed by atoms with E-state index in [0.29, 0.717) is 12.0 Å². The first kappa shape index (κ1) is 9.57. The van der Waals surface area contributed by atoms with Gasteiger partial charge in [0.2, 0.25) is 0 Å². The number of hydrogen-bond donors (Lipinski definition) is 0. The average Bonchev–Trinajstić information content (AvgIpc) is 2.87. The summed E-state index contributed by atoms with van der Waals surface area (Å²) < 4.78 is 5.74. The van der Waals surface area contributed by atoms with Crippen molar-refractivity contribution in [1.29, 1.82) is 0 Å². The largest absolute Gasteiger partial charge is 0.490 e. The molecule has 0 saturated heterocycles. The topological polar surface area (TPSA) is 9.23 Å². The molecule has 0 bridgehead atoms. The molecule has 2 rings (SSSR count). The maximum atomic E-state index is 5.74. The van der Waals surface area contributed by atoms with Crippen LogP contribution < -0.4 is 4.74 Å². The molecule has 1 saturated carbocycles. The van der Waals surface area contributed by atoms with Crippen LogP contribution in [-0.4, -0.2) is 6.10 Å². The third kappa shape index (κ3) is 2.09. The zero-order valence-electron chi connectivity index (χ0n) is 9.21. The minimum atomic E-state index is 0.499. The Kier molecular flexibility index (Phi) is 2.49. The van der Waals surface area contributed by atoms with Gasteiger partial charge < -0.3 is 4.74 Å². The van der Waals surface area contributed by atoms with Crippen molar-refractivity contribution in [3.8, 4) is 5.75 Å². The summed E-state index contributed by atoms with van der Waals surface area (Å²) in [5.41, 5.74) is 2.77. The molecular weight excluding hydrogens is 172 g/mol. The fourth-order valence-corrected chi connectivity index (χ4v) is 1.75. The van der Waals surface area contributed by atoms with Crippen molar-refractivity contribution < 1.29 is 4.74 Å². The lowest BCUT2D eigenvalue weighted by molar-refractivity contribution is 0.303. The second kappa shape index (κ2) is 3.64. The first-order valence-corrected chi connectivity index (χ1v) is 5.44. The summed E-state index contributed by atoms with van der Waals surface area (Å²) in [5.74, 6) is 1.64. The average molecular weight is 190 g/mol. The Bertz CT molecular complexity index is 324. The number of hydrogen-bond acceptors (Lipinski definition) is 1. The van der Waals surface area contributed by atoms with Crippen LogP contribution in [0.5, 0.6) is 5.75 Å². The van der Waals surface area contributed by atoms with E-state index in [-0.39, 0.29) is 0 Å². The summed E-state index contributed by atoms with van der Waals surface area (Å²) in [4.78, 5) is 0. The van der Waals surface area contributed by atoms with Crippen molar-refractivity contribution in [2.75, 3.05) is 0 Å². The van der Waals surface area contributed by atoms with Gasteiger partial charge >= 0.3 is 0 Å². The monoisotopic (exact) mass is 190 g/mol. The Hall–Kier alpha value is -0.980. The van der Waals surface area contributed by atoms with Crippen molar-refractivity contribution in [2.24, 2.45) is 0 Å². The third-order valence-corrected chi connectivity index (χ3v) is 2.69. The van der Waals surface area contributed by atoms with Crippen LogP contribution in [-0.2, 0) is 0 Å². The standard InChI is InChI=1S/C13H18O/c1-9(2)13-7-6-12(8-10(13)3)14-11-4-5-11/h6-9,11H,4-5H2,1-3H3. The smallest absolute Gasteiger partial charge is 0.119 e. The van der Waals surface area contributed by atoms with E-state index in [1.807, 2.05) is 0 Å². The van der Waals surface area contributed by atoms with E-state index >= 15 is 0 Å². The van der Waals surface area contributed by atoms with E-state index in [1.165, 1.54) is 24.0 Å². The van der Waals surface area contributed by atoms with Crippen LogP contribution >= 0.6 is 0 Å². The number of ether oxygens (including phenoxy) is 1. The van der Waals surface area contributed by atoms with Crippen LogP contribution in [0.25, 0.3) is 0 Å². The lowest BCUT2D eigenvalue weighted by Crippen LogP contribution is -1.98. The lowest BCUT2D eigenvalue weighted by atomic mass is 9.98. The van der Waals surface area contributed by atoms with Gasteiger partial charge in [0, 0.05) is 0 Å². The second-order valence-electron chi connectivity index (χ2n) is 4.49. The molecule has 1 nitrogen and oxygen atoms in total. The van der Waals surface area contributed by atoms with E-state index in [2.05, 4.69) is 39.0 Å². The molecule has 0 radical (unpaired) electrons. The predicted octanol–water partition coefficient (Wildman–Crippen LogP) is 3.66. The third-order valence-electron chi connectivity index (χ3n) is 2.69. The highest BCUT2D eigenvalue weighted by atomic mass is 16.5. The van der Waals surface area contributed by atoms with Gasteiger partial charge in [-0.05, 0) is 48.9 Å². The van der Waals surface area contributed by atoms with Crippen molar-refractivity contribution in [1.82, 2.24) is 0 Å². The number of aryl methyl sites for hydroxylation is 1. The molecule has 1 aromatic rings. The summed E-state index contributed by atoms with van der Waals surface area (Å²) in [6.45, 7) is 6.61. The summed E-state index contributed by atoms with van der Waals surface area (Å²) >= 11 is 0. The van der Waals surface area contributed by atoms with E-state index in [4.69, 9.17) is 4.74 Å². The highest BCUT2D eigenvalue weighted by Gasteiger charge is 2.23. The molecule has 0 amide bonds. The second-order valence-corrected chi connectivity index (χ2v) is 4.49. The zero-order valence-corrected chi connectivity index (χ0v) is 9.21. The van der Waals surface area contributed by atoms with Crippen LogP contribution in [0.2, 0.25) is 0 Å². The lowest BCUT2D eigenvalue weighted by Gasteiger charge is -2.11. The molecule has 1 aliphatic carbocycles. The molecular formula is C13H18O. The molecule has 0 aromatic heterocycles. The Balaban J connectivity index is 2.16. The van der Waals surface area contributed by atoms with E-state index in [1.54, 1.807) is 0 Å². The van der Waals surface area contributed by atoms with Crippen molar-refractivity contribution >= 4 is 0 Å². The Morgan fingerprint density at radius 1 is 1.29 bits per heavy atom. The quantitative estimate of drug-likeness (QED) is 0.706. The maximum absolute atomic E-state index is 5.74. The van der Waals surface area contributed by atoms with E-state index < -0.39 is 0 Å². The number of benzene rings is 1. The Morgan fingerprint density at radius 3 is 2.50 bits per heavy atom. The first-order chi connectivity index (χ1) is 6.66. The maximum Gasteiger partial charge on any atom is 0.119 e. The minimum absolute atomic E-state index is 0.499. The summed E-state index contributed by atoms with van der Waals surface area (Å²) in [6.07, 6.45) is 2.95. The Morgan fingerprint density at radius 2 is 2.00 bits per heavy atom. The van der Waals surface area contributed by atoms with E-state index in [9.17, 15) is 0 Å². The molecule has 1 fully saturated rings. The van der Waals surface area contributed by atoms with Crippen LogP contribution in [0.4, 0.5) is 0 Å². The van der Waals surface area contributed by atoms with Crippen LogP contribution in [0.3, 0.4) is 0 Å². The minimum Gasteiger partial charge on any atom is -0.490 e. The molecule has 14 heavy (non-hydrogen) atoms. The predicted molar refractivity (Wildman–Crippen MR) is 58.9 cm³/mol. The molecule has 0 aliphatic heterocycles. The fourth-order valence-electron chi connectivity index (χ4n) is 1.75. The van der Waals surface area contributed by atoms with Gasteiger partial charge in [-0.25, -0.2) is 0 Å². The van der Waals surface area contributed by atoms with Crippen LogP contribution in [0.1, 0.15) is 43.7 Å². The Labute approximate surface area is 86.1 Å². The summed E-state index contributed by atoms with van der Waals surface area (Å²) in [5, 5.41) is 0. The first-order valence-electron chi connectivity index (χ1n) is 5.44. The fraction of sp³-hybridized carbons (Fsp3) is 0.538. The highest BCUT2D eigenvalue weighted by Crippen LogP contribution is 2.29. The molecule has 76 valence electrons. The molecule has 1 heteroatoms. The normalized spacial score (nSPS) is 16.0. The molecule has 0 spiro atoms. The van der Waals surface area contributed by atoms with Crippen molar-refractivity contribution in [3.63, 3.8) is 0 Å². The van der Waals surface area contributed by atoms with Gasteiger partial charge in [-0.15, -0.1) is 0 Å². The van der Waals surface area contributed by atoms with Crippen LogP contribution in [0, 0.1) is 6.92 Å². The number of rotatable bonds is 3. The SMILES string of the molecule is Cc1cc(OC2CC2)ccc1C(C)C. The van der Waals surface area contributed by atoms with Gasteiger partial charge in [-0.3, -0.25) is 0 Å². The molecule has 1 aromatic carbocycles. The molecule has 0 atom stereocenters. The molecule has 1 aliphatic rings. The van der Waals surface area contributed by atoms with Crippen LogP contribution in [0.15, 0.2) is 18.2 Å².